The van der Waals surface area contributed by atoms with Gasteiger partial charge in [-0.3, -0.25) is 4.79 Å². The number of ether oxygens (including phenoxy) is 1. The fourth-order valence-electron chi connectivity index (χ4n) is 5.19. The van der Waals surface area contributed by atoms with Gasteiger partial charge >= 0.3 is 6.09 Å². The topological polar surface area (TPSA) is 123 Å². The van der Waals surface area contributed by atoms with Crippen molar-refractivity contribution in [2.24, 2.45) is 0 Å². The van der Waals surface area contributed by atoms with E-state index in [1.807, 2.05) is 0 Å². The molecule has 2 aromatic rings. The lowest BCUT2D eigenvalue weighted by Crippen LogP contribution is -2.49. The first kappa shape index (κ1) is 25.3. The number of fused-ring (bicyclic) bond motifs is 1. The van der Waals surface area contributed by atoms with Gasteiger partial charge in [-0.05, 0) is 57.0 Å². The molecule has 4 heterocycles. The number of anilines is 3. The number of likely N-dealkylation sites (tertiary alicyclic amines) is 2. The Balaban J connectivity index is 1.24. The zero-order valence-electron chi connectivity index (χ0n) is 20.7. The highest BCUT2D eigenvalue weighted by atomic mass is 35.5. The molecule has 1 aromatic heterocycles. The quantitative estimate of drug-likeness (QED) is 0.496. The Labute approximate surface area is 220 Å². The number of nitrogens with one attached hydrogen (secondary N) is 2. The molecule has 0 atom stereocenters. The highest BCUT2D eigenvalue weighted by Gasteiger charge is 2.32. The highest BCUT2D eigenvalue weighted by Crippen LogP contribution is 2.39. The van der Waals surface area contributed by atoms with Crippen LogP contribution in [0.5, 0.6) is 5.75 Å². The number of carbonyl (C=O) groups is 2. The lowest BCUT2D eigenvalue weighted by atomic mass is 10.0. The van der Waals surface area contributed by atoms with E-state index in [9.17, 15) is 14.7 Å². The average molecular weight is 530 g/mol. The maximum Gasteiger partial charge on any atom is 0.407 e. The van der Waals surface area contributed by atoms with Crippen LogP contribution in [0.1, 0.15) is 36.0 Å². The molecule has 0 unspecified atom stereocenters. The van der Waals surface area contributed by atoms with E-state index in [0.717, 1.165) is 32.5 Å². The van der Waals surface area contributed by atoms with E-state index in [1.54, 1.807) is 18.2 Å². The molecule has 3 N–H and O–H groups in total. The molecule has 12 heteroatoms. The number of hydrogen-bond acceptors (Lipinski definition) is 8. The smallest absolute Gasteiger partial charge is 0.407 e. The molecule has 0 spiro atoms. The maximum absolute atomic E-state index is 12.6. The van der Waals surface area contributed by atoms with Gasteiger partial charge in [0.25, 0.3) is 5.91 Å². The number of amides is 2. The van der Waals surface area contributed by atoms with E-state index in [4.69, 9.17) is 16.3 Å². The molecule has 3 aliphatic rings. The lowest BCUT2D eigenvalue weighted by Gasteiger charge is -2.40. The molecule has 0 saturated carbocycles. The molecular formula is C25H32ClN7O4. The third-order valence-corrected chi connectivity index (χ3v) is 7.52. The normalized spacial score (nSPS) is 18.3. The number of halogens is 1. The zero-order chi connectivity index (χ0) is 25.8. The molecule has 0 aliphatic carbocycles. The standard InChI is InChI=1S/C25H32ClN7O4/c26-19-15-17(24(34)27-7-12-31-8-1-2-9-31)3-4-20(19)30-22-21-23(29-16-28-22)33(13-14-37-21)18-5-10-32(11-6-18)25(35)36/h3-4,15-16,18H,1-2,5-14H2,(H,27,34)(H,35,36)(H,28,29,30). The minimum absolute atomic E-state index is 0.153. The van der Waals surface area contributed by atoms with Crippen LogP contribution in [-0.4, -0.2) is 95.3 Å². The summed E-state index contributed by atoms with van der Waals surface area (Å²) >= 11 is 6.54. The Kier molecular flexibility index (Phi) is 7.80. The zero-order valence-corrected chi connectivity index (χ0v) is 21.4. The Bertz CT molecular complexity index is 1140. The first-order chi connectivity index (χ1) is 18.0. The second-order valence-corrected chi connectivity index (χ2v) is 9.95. The Hall–Kier alpha value is -3.31. The molecule has 11 nitrogen and oxygen atoms in total. The predicted octanol–water partition coefficient (Wildman–Crippen LogP) is 3.04. The molecule has 5 rings (SSSR count). The van der Waals surface area contributed by atoms with Crippen LogP contribution in [0.15, 0.2) is 24.5 Å². The number of carbonyl (C=O) groups excluding carboxylic acids is 1. The van der Waals surface area contributed by atoms with Gasteiger partial charge in [-0.25, -0.2) is 14.8 Å². The Morgan fingerprint density at radius 1 is 1.11 bits per heavy atom. The molecule has 0 radical (unpaired) electrons. The molecule has 2 amide bonds. The molecule has 198 valence electrons. The SMILES string of the molecule is O=C(NCCN1CCCC1)c1ccc(Nc2ncnc3c2OCCN3C2CCN(C(=O)O)CC2)c(Cl)c1. The van der Waals surface area contributed by atoms with Gasteiger partial charge < -0.3 is 35.2 Å². The number of nitrogens with zero attached hydrogens (tertiary/aromatic N) is 5. The minimum atomic E-state index is -0.878. The van der Waals surface area contributed by atoms with Gasteiger partial charge in [-0.15, -0.1) is 0 Å². The third-order valence-electron chi connectivity index (χ3n) is 7.21. The van der Waals surface area contributed by atoms with Gasteiger partial charge in [-0.1, -0.05) is 11.6 Å². The fourth-order valence-corrected chi connectivity index (χ4v) is 5.42. The molecular weight excluding hydrogens is 498 g/mol. The average Bonchev–Trinajstić information content (AvgIpc) is 3.43. The van der Waals surface area contributed by atoms with Crippen LogP contribution in [0, 0.1) is 0 Å². The molecule has 37 heavy (non-hydrogen) atoms. The number of hydrogen-bond donors (Lipinski definition) is 3. The third kappa shape index (κ3) is 5.83. The van der Waals surface area contributed by atoms with Crippen molar-refractivity contribution in [3.05, 3.63) is 35.1 Å². The van der Waals surface area contributed by atoms with E-state index in [0.29, 0.717) is 66.4 Å². The van der Waals surface area contributed by atoms with E-state index < -0.39 is 6.09 Å². The van der Waals surface area contributed by atoms with Crippen LogP contribution in [-0.2, 0) is 0 Å². The van der Waals surface area contributed by atoms with Gasteiger partial charge in [0.1, 0.15) is 12.9 Å². The lowest BCUT2D eigenvalue weighted by molar-refractivity contribution is 0.0949. The monoisotopic (exact) mass is 529 g/mol. The van der Waals surface area contributed by atoms with Gasteiger partial charge in [0, 0.05) is 37.8 Å². The van der Waals surface area contributed by atoms with Crippen molar-refractivity contribution in [2.45, 2.75) is 31.7 Å². The number of rotatable bonds is 7. The molecule has 2 fully saturated rings. The maximum atomic E-state index is 12.6. The van der Waals surface area contributed by atoms with Crippen LogP contribution in [0.4, 0.5) is 22.1 Å². The van der Waals surface area contributed by atoms with Crippen LogP contribution in [0.3, 0.4) is 0 Å². The van der Waals surface area contributed by atoms with E-state index >= 15 is 0 Å². The number of piperidine rings is 1. The predicted molar refractivity (Wildman–Crippen MR) is 140 cm³/mol. The second-order valence-electron chi connectivity index (χ2n) is 9.54. The van der Waals surface area contributed by atoms with Gasteiger partial charge in [-0.2, -0.15) is 0 Å². The summed E-state index contributed by atoms with van der Waals surface area (Å²) in [7, 11) is 0. The summed E-state index contributed by atoms with van der Waals surface area (Å²) < 4.78 is 5.95. The van der Waals surface area contributed by atoms with Crippen molar-refractivity contribution in [1.82, 2.24) is 25.1 Å². The summed E-state index contributed by atoms with van der Waals surface area (Å²) in [6.07, 6.45) is 4.51. The van der Waals surface area contributed by atoms with Gasteiger partial charge in [0.05, 0.1) is 17.3 Å². The largest absolute Gasteiger partial charge is 0.485 e. The summed E-state index contributed by atoms with van der Waals surface area (Å²) in [6, 6.07) is 5.31. The van der Waals surface area contributed by atoms with Crippen LogP contribution in [0.2, 0.25) is 5.02 Å². The summed E-state index contributed by atoms with van der Waals surface area (Å²) in [5.74, 6) is 1.55. The summed E-state index contributed by atoms with van der Waals surface area (Å²) in [5, 5.41) is 15.8. The van der Waals surface area contributed by atoms with Crippen LogP contribution in [0.25, 0.3) is 0 Å². The van der Waals surface area contributed by atoms with E-state index in [1.165, 1.54) is 24.1 Å². The summed E-state index contributed by atoms with van der Waals surface area (Å²) in [6.45, 7) is 5.79. The van der Waals surface area contributed by atoms with Crippen molar-refractivity contribution in [2.75, 3.05) is 62.6 Å². The van der Waals surface area contributed by atoms with Crippen molar-refractivity contribution in [3.63, 3.8) is 0 Å². The molecule has 0 bridgehead atoms. The van der Waals surface area contributed by atoms with Crippen LogP contribution >= 0.6 is 11.6 Å². The summed E-state index contributed by atoms with van der Waals surface area (Å²) in [5.41, 5.74) is 1.10. The Morgan fingerprint density at radius 3 is 2.62 bits per heavy atom. The van der Waals surface area contributed by atoms with Gasteiger partial charge in [0.15, 0.2) is 11.6 Å². The fraction of sp³-hybridized carbons (Fsp3) is 0.520. The van der Waals surface area contributed by atoms with Crippen molar-refractivity contribution in [3.8, 4) is 5.75 Å². The van der Waals surface area contributed by atoms with Crippen LogP contribution < -0.4 is 20.3 Å². The number of aromatic nitrogens is 2. The second kappa shape index (κ2) is 11.4. The van der Waals surface area contributed by atoms with E-state index in [-0.39, 0.29) is 11.9 Å². The number of benzene rings is 1. The van der Waals surface area contributed by atoms with Crippen molar-refractivity contribution < 1.29 is 19.4 Å². The highest BCUT2D eigenvalue weighted by molar-refractivity contribution is 6.33. The first-order valence-electron chi connectivity index (χ1n) is 12.8. The Morgan fingerprint density at radius 2 is 1.89 bits per heavy atom. The van der Waals surface area contributed by atoms with Gasteiger partial charge in [0.2, 0.25) is 5.75 Å². The van der Waals surface area contributed by atoms with E-state index in [2.05, 4.69) is 30.4 Å². The van der Waals surface area contributed by atoms with Crippen molar-refractivity contribution >= 4 is 40.9 Å². The first-order valence-corrected chi connectivity index (χ1v) is 13.2. The molecule has 3 aliphatic heterocycles. The summed E-state index contributed by atoms with van der Waals surface area (Å²) in [4.78, 5) is 38.7. The molecule has 2 saturated heterocycles. The number of carboxylic acid groups (broad SMARTS) is 1. The minimum Gasteiger partial charge on any atom is -0.485 e. The van der Waals surface area contributed by atoms with Crippen molar-refractivity contribution in [1.29, 1.82) is 0 Å². The molecule has 1 aromatic carbocycles.